The minimum absolute atomic E-state index is 0.0469. The van der Waals surface area contributed by atoms with Crippen LogP contribution >= 0.6 is 0 Å². The van der Waals surface area contributed by atoms with Crippen molar-refractivity contribution >= 4 is 11.6 Å². The molecule has 1 N–H and O–H groups in total. The predicted molar refractivity (Wildman–Crippen MR) is 99.3 cm³/mol. The van der Waals surface area contributed by atoms with Gasteiger partial charge >= 0.3 is 0 Å². The molecule has 0 spiro atoms. The van der Waals surface area contributed by atoms with E-state index in [2.05, 4.69) is 15.5 Å². The smallest absolute Gasteiger partial charge is 0.262 e. The van der Waals surface area contributed by atoms with Crippen molar-refractivity contribution in [3.63, 3.8) is 0 Å². The number of aromatic nitrogens is 2. The summed E-state index contributed by atoms with van der Waals surface area (Å²) < 4.78 is 10.5. The molecule has 132 valence electrons. The van der Waals surface area contributed by atoms with Crippen LogP contribution in [0, 0.1) is 6.92 Å². The molecule has 6 heteroatoms. The average Bonchev–Trinajstić information content (AvgIpc) is 2.68. The normalized spacial score (nSPS) is 10.2. The largest absolute Gasteiger partial charge is 0.484 e. The van der Waals surface area contributed by atoms with Crippen LogP contribution in [-0.4, -0.2) is 29.8 Å². The van der Waals surface area contributed by atoms with Crippen LogP contribution in [0.1, 0.15) is 5.56 Å². The second-order valence-electron chi connectivity index (χ2n) is 5.69. The Kier molecular flexibility index (Phi) is 5.43. The third-order valence-corrected chi connectivity index (χ3v) is 3.70. The number of hydrogen-bond acceptors (Lipinski definition) is 5. The molecule has 0 bridgehead atoms. The predicted octanol–water partition coefficient (Wildman–Crippen LogP) is 3.48. The zero-order chi connectivity index (χ0) is 18.4. The number of aryl methyl sites for hydroxylation is 1. The highest BCUT2D eigenvalue weighted by molar-refractivity contribution is 5.92. The average molecular weight is 349 g/mol. The molecule has 0 fully saturated rings. The van der Waals surface area contributed by atoms with Gasteiger partial charge in [0.2, 0.25) is 5.88 Å². The quantitative estimate of drug-likeness (QED) is 0.737. The topological polar surface area (TPSA) is 73.3 Å². The highest BCUT2D eigenvalue weighted by Gasteiger charge is 2.05. The third kappa shape index (κ3) is 4.57. The maximum Gasteiger partial charge on any atom is 0.262 e. The lowest BCUT2D eigenvalue weighted by molar-refractivity contribution is -0.118. The fourth-order valence-corrected chi connectivity index (χ4v) is 2.29. The van der Waals surface area contributed by atoms with E-state index in [0.29, 0.717) is 17.3 Å². The van der Waals surface area contributed by atoms with E-state index in [1.165, 1.54) is 0 Å². The number of benzene rings is 2. The van der Waals surface area contributed by atoms with Gasteiger partial charge in [0.05, 0.1) is 12.8 Å². The van der Waals surface area contributed by atoms with Gasteiger partial charge < -0.3 is 14.8 Å². The molecular formula is C20H19N3O3. The van der Waals surface area contributed by atoms with Crippen molar-refractivity contribution in [1.29, 1.82) is 0 Å². The summed E-state index contributed by atoms with van der Waals surface area (Å²) in [5.41, 5.74) is 3.46. The lowest BCUT2D eigenvalue weighted by atomic mass is 10.1. The van der Waals surface area contributed by atoms with Crippen molar-refractivity contribution in [2.75, 3.05) is 19.0 Å². The molecule has 6 nitrogen and oxygen atoms in total. The maximum absolute atomic E-state index is 12.0. The number of ether oxygens (including phenoxy) is 2. The Morgan fingerprint density at radius 3 is 2.31 bits per heavy atom. The highest BCUT2D eigenvalue weighted by atomic mass is 16.5. The Morgan fingerprint density at radius 1 is 0.962 bits per heavy atom. The van der Waals surface area contributed by atoms with Crippen molar-refractivity contribution in [3.8, 4) is 22.9 Å². The monoisotopic (exact) mass is 349 g/mol. The Hall–Kier alpha value is -3.41. The third-order valence-electron chi connectivity index (χ3n) is 3.70. The SMILES string of the molecule is COc1ccc(-c2ccc(NC(=O)COc3ccc(C)cc3)cc2)nn1. The van der Waals surface area contributed by atoms with Crippen molar-refractivity contribution in [1.82, 2.24) is 10.2 Å². The Bertz CT molecular complexity index is 860. The fraction of sp³-hybridized carbons (Fsp3) is 0.150. The van der Waals surface area contributed by atoms with Crippen molar-refractivity contribution in [2.24, 2.45) is 0 Å². The van der Waals surface area contributed by atoms with Crippen LogP contribution in [0.15, 0.2) is 60.7 Å². The minimum Gasteiger partial charge on any atom is -0.484 e. The van der Waals surface area contributed by atoms with Crippen LogP contribution < -0.4 is 14.8 Å². The molecule has 0 unspecified atom stereocenters. The lowest BCUT2D eigenvalue weighted by Crippen LogP contribution is -2.20. The molecule has 3 aromatic rings. The molecule has 0 saturated carbocycles. The Balaban J connectivity index is 1.56. The molecule has 0 saturated heterocycles. The second kappa shape index (κ2) is 8.11. The van der Waals surface area contributed by atoms with E-state index < -0.39 is 0 Å². The number of carbonyl (C=O) groups is 1. The highest BCUT2D eigenvalue weighted by Crippen LogP contribution is 2.20. The molecule has 0 radical (unpaired) electrons. The number of hydrogen-bond donors (Lipinski definition) is 1. The number of methoxy groups -OCH3 is 1. The molecule has 0 aliphatic rings. The van der Waals surface area contributed by atoms with E-state index in [-0.39, 0.29) is 12.5 Å². The molecule has 0 aliphatic carbocycles. The van der Waals surface area contributed by atoms with Crippen LogP contribution in [0.4, 0.5) is 5.69 Å². The minimum atomic E-state index is -0.220. The van der Waals surface area contributed by atoms with Crippen LogP contribution in [0.3, 0.4) is 0 Å². The van der Waals surface area contributed by atoms with E-state index in [1.807, 2.05) is 61.5 Å². The van der Waals surface area contributed by atoms with Gasteiger partial charge in [0, 0.05) is 17.3 Å². The van der Waals surface area contributed by atoms with E-state index in [0.717, 1.165) is 16.8 Å². The summed E-state index contributed by atoms with van der Waals surface area (Å²) >= 11 is 0. The summed E-state index contributed by atoms with van der Waals surface area (Å²) in [5, 5.41) is 10.8. The summed E-state index contributed by atoms with van der Waals surface area (Å²) in [6.07, 6.45) is 0. The summed E-state index contributed by atoms with van der Waals surface area (Å²) in [4.78, 5) is 12.0. The van der Waals surface area contributed by atoms with Gasteiger partial charge in [-0.2, -0.15) is 0 Å². The van der Waals surface area contributed by atoms with Gasteiger partial charge in [-0.15, -0.1) is 10.2 Å². The van der Waals surface area contributed by atoms with Gasteiger partial charge in [-0.1, -0.05) is 29.8 Å². The van der Waals surface area contributed by atoms with E-state index in [1.54, 1.807) is 13.2 Å². The van der Waals surface area contributed by atoms with Crippen molar-refractivity contribution in [3.05, 3.63) is 66.2 Å². The number of nitrogens with one attached hydrogen (secondary N) is 1. The number of amides is 1. The summed E-state index contributed by atoms with van der Waals surface area (Å²) in [5.74, 6) is 0.910. The van der Waals surface area contributed by atoms with Gasteiger partial charge in [0.25, 0.3) is 5.91 Å². The number of rotatable bonds is 6. The molecule has 0 atom stereocenters. The van der Waals surface area contributed by atoms with Gasteiger partial charge in [0.15, 0.2) is 6.61 Å². The standard InChI is InChI=1S/C20H19N3O3/c1-14-3-9-17(10-4-14)26-13-19(24)21-16-7-5-15(6-8-16)18-11-12-20(25-2)23-22-18/h3-12H,13H2,1-2H3,(H,21,24). The van der Waals surface area contributed by atoms with E-state index in [9.17, 15) is 4.79 Å². The molecule has 2 aromatic carbocycles. The number of carbonyl (C=O) groups excluding carboxylic acids is 1. The van der Waals surface area contributed by atoms with E-state index in [4.69, 9.17) is 9.47 Å². The lowest BCUT2D eigenvalue weighted by Gasteiger charge is -2.08. The molecule has 1 amide bonds. The van der Waals surface area contributed by atoms with Gasteiger partial charge in [-0.05, 0) is 37.3 Å². The van der Waals surface area contributed by atoms with Crippen LogP contribution in [0.25, 0.3) is 11.3 Å². The fourth-order valence-electron chi connectivity index (χ4n) is 2.29. The van der Waals surface area contributed by atoms with Crippen LogP contribution in [0.2, 0.25) is 0 Å². The molecule has 26 heavy (non-hydrogen) atoms. The molecular weight excluding hydrogens is 330 g/mol. The number of anilines is 1. The summed E-state index contributed by atoms with van der Waals surface area (Å²) in [6, 6.07) is 18.5. The second-order valence-corrected chi connectivity index (χ2v) is 5.69. The summed E-state index contributed by atoms with van der Waals surface area (Å²) in [7, 11) is 1.55. The van der Waals surface area contributed by atoms with Gasteiger partial charge in [0.1, 0.15) is 5.75 Å². The van der Waals surface area contributed by atoms with Gasteiger partial charge in [-0.25, -0.2) is 0 Å². The Labute approximate surface area is 151 Å². The molecule has 1 heterocycles. The van der Waals surface area contributed by atoms with E-state index >= 15 is 0 Å². The zero-order valence-electron chi connectivity index (χ0n) is 14.6. The number of nitrogens with zero attached hydrogens (tertiary/aromatic N) is 2. The molecule has 0 aliphatic heterocycles. The first-order chi connectivity index (χ1) is 12.6. The van der Waals surface area contributed by atoms with Gasteiger partial charge in [-0.3, -0.25) is 4.79 Å². The van der Waals surface area contributed by atoms with Crippen LogP contribution in [-0.2, 0) is 4.79 Å². The first-order valence-corrected chi connectivity index (χ1v) is 8.11. The maximum atomic E-state index is 12.0. The Morgan fingerprint density at radius 2 is 1.69 bits per heavy atom. The van der Waals surface area contributed by atoms with Crippen LogP contribution in [0.5, 0.6) is 11.6 Å². The van der Waals surface area contributed by atoms with Crippen molar-refractivity contribution < 1.29 is 14.3 Å². The van der Waals surface area contributed by atoms with Crippen molar-refractivity contribution in [2.45, 2.75) is 6.92 Å². The molecule has 1 aromatic heterocycles. The first kappa shape index (κ1) is 17.4. The first-order valence-electron chi connectivity index (χ1n) is 8.11. The summed E-state index contributed by atoms with van der Waals surface area (Å²) in [6.45, 7) is 1.95. The zero-order valence-corrected chi connectivity index (χ0v) is 14.6. The molecule has 3 rings (SSSR count).